The Kier molecular flexibility index (Phi) is 18.0. The third-order valence-corrected chi connectivity index (χ3v) is 37.9. The maximum atomic E-state index is 12.4. The first kappa shape index (κ1) is 50.0. The van der Waals surface area contributed by atoms with Crippen LogP contribution >= 0.6 is 0 Å². The molecule has 49 heavy (non-hydrogen) atoms. The van der Waals surface area contributed by atoms with E-state index in [1.165, 1.54) is 0 Å². The second kappa shape index (κ2) is 17.7. The van der Waals surface area contributed by atoms with Gasteiger partial charge in [0.15, 0.2) is 49.9 Å². The number of carbonyl (C=O) groups excluding carboxylic acids is 1. The van der Waals surface area contributed by atoms with Gasteiger partial charge in [-0.3, -0.25) is 0 Å². The maximum Gasteiger partial charge on any atom is 0.478 e. The van der Waals surface area contributed by atoms with Crippen molar-refractivity contribution < 1.29 is 46.6 Å². The van der Waals surface area contributed by atoms with Crippen molar-refractivity contribution >= 4 is 91.1 Å². The maximum absolute atomic E-state index is 12.4. The van der Waals surface area contributed by atoms with Gasteiger partial charge < -0.3 is 41.8 Å². The molecule has 0 bridgehead atoms. The van der Waals surface area contributed by atoms with Crippen molar-refractivity contribution in [1.82, 2.24) is 0 Å². The molecule has 0 saturated heterocycles. The van der Waals surface area contributed by atoms with Crippen LogP contribution in [0.1, 0.15) is 13.3 Å². The van der Waals surface area contributed by atoms with Crippen LogP contribution in [0, 0.1) is 0 Å². The molecule has 0 atom stereocenters. The van der Waals surface area contributed by atoms with Gasteiger partial charge in [0.1, 0.15) is 0 Å². The standard InChI is InChI=1S/C28H74O11Si10/c1-27(2)28(29)30-25-24-26-49(37-46(21,31-40(3,4)5)32-41(6,7)8,38-47(22,33-42(9,10)11)34-43(12,13)14)39-48(23,35-44(15,16)17)36-45(18,19)20/h1,24-26H2,2-23H3. The molecule has 0 aliphatic carbocycles. The summed E-state index contributed by atoms with van der Waals surface area (Å²) in [5.41, 5.74) is 0.332. The fourth-order valence-electron chi connectivity index (χ4n) is 5.16. The van der Waals surface area contributed by atoms with Gasteiger partial charge in [-0.05, 0) is 131 Å². The Bertz CT molecular complexity index is 930. The molecule has 0 fully saturated rings. The molecule has 0 saturated carbocycles. The third kappa shape index (κ3) is 24.1. The van der Waals surface area contributed by atoms with Crippen LogP contribution in [-0.2, 0) is 46.6 Å². The summed E-state index contributed by atoms with van der Waals surface area (Å²) < 4.78 is 69.2. The summed E-state index contributed by atoms with van der Waals surface area (Å²) >= 11 is 0. The zero-order valence-electron chi connectivity index (χ0n) is 35.3. The van der Waals surface area contributed by atoms with Crippen molar-refractivity contribution in [2.45, 2.75) is 157 Å². The molecule has 11 nitrogen and oxygen atoms in total. The monoisotopic (exact) mass is 866 g/mol. The minimum atomic E-state index is -4.04. The Morgan fingerprint density at radius 3 is 0.837 bits per heavy atom. The van der Waals surface area contributed by atoms with Gasteiger partial charge in [-0.1, -0.05) is 6.58 Å². The molecular weight excluding hydrogens is 793 g/mol. The van der Waals surface area contributed by atoms with Crippen molar-refractivity contribution in [3.05, 3.63) is 12.2 Å². The minimum absolute atomic E-state index is 0.114. The molecule has 0 aromatic heterocycles. The number of hydrogen-bond acceptors (Lipinski definition) is 11. The summed E-state index contributed by atoms with van der Waals surface area (Å²) in [4.78, 5) is 12.4. The van der Waals surface area contributed by atoms with Crippen molar-refractivity contribution in [1.29, 1.82) is 0 Å². The van der Waals surface area contributed by atoms with Crippen LogP contribution in [0.3, 0.4) is 0 Å². The Morgan fingerprint density at radius 1 is 0.429 bits per heavy atom. The Morgan fingerprint density at radius 2 is 0.653 bits per heavy atom. The van der Waals surface area contributed by atoms with Gasteiger partial charge in [-0.2, -0.15) is 0 Å². The molecule has 0 amide bonds. The molecule has 0 rings (SSSR count). The van der Waals surface area contributed by atoms with Gasteiger partial charge in [0.25, 0.3) is 0 Å². The first-order valence-corrected chi connectivity index (χ1v) is 46.4. The molecule has 292 valence electrons. The van der Waals surface area contributed by atoms with Gasteiger partial charge >= 0.3 is 41.2 Å². The number of ether oxygens (including phenoxy) is 1. The molecule has 0 aliphatic heterocycles. The molecule has 0 unspecified atom stereocenters. The zero-order valence-corrected chi connectivity index (χ0v) is 45.3. The summed E-state index contributed by atoms with van der Waals surface area (Å²) in [5, 5.41) is 0. The van der Waals surface area contributed by atoms with Gasteiger partial charge in [0.2, 0.25) is 0 Å². The van der Waals surface area contributed by atoms with E-state index >= 15 is 0 Å². The van der Waals surface area contributed by atoms with Crippen LogP contribution < -0.4 is 0 Å². The molecule has 0 aliphatic rings. The van der Waals surface area contributed by atoms with Crippen molar-refractivity contribution in [2.24, 2.45) is 0 Å². The fourth-order valence-corrected chi connectivity index (χ4v) is 46.9. The van der Waals surface area contributed by atoms with Crippen LogP contribution in [0.5, 0.6) is 0 Å². The molecule has 0 aromatic carbocycles. The lowest BCUT2D eigenvalue weighted by atomic mass is 10.4. The number of rotatable bonds is 23. The predicted molar refractivity (Wildman–Crippen MR) is 226 cm³/mol. The van der Waals surface area contributed by atoms with E-state index < -0.39 is 91.1 Å². The van der Waals surface area contributed by atoms with Crippen LogP contribution in [0.4, 0.5) is 0 Å². The minimum Gasteiger partial charge on any atom is -0.462 e. The highest BCUT2D eigenvalue weighted by Gasteiger charge is 2.63. The summed E-state index contributed by atoms with van der Waals surface area (Å²) in [6.45, 7) is 49.6. The van der Waals surface area contributed by atoms with Crippen LogP contribution in [0.15, 0.2) is 12.2 Å². The zero-order chi connectivity index (χ0) is 39.3. The third-order valence-electron chi connectivity index (χ3n) is 5.18. The van der Waals surface area contributed by atoms with Gasteiger partial charge in [-0.15, -0.1) is 0 Å². The average Bonchev–Trinajstić information content (AvgIpc) is 2.66. The summed E-state index contributed by atoms with van der Waals surface area (Å²) in [6.07, 6.45) is 0.379. The lowest BCUT2D eigenvalue weighted by molar-refractivity contribution is -0.139. The van der Waals surface area contributed by atoms with Crippen molar-refractivity contribution in [3.8, 4) is 0 Å². The molecule has 21 heteroatoms. The van der Waals surface area contributed by atoms with Gasteiger partial charge in [0, 0.05) is 31.3 Å². The van der Waals surface area contributed by atoms with E-state index in [1.807, 2.05) is 19.6 Å². The smallest absolute Gasteiger partial charge is 0.462 e. The van der Waals surface area contributed by atoms with Gasteiger partial charge in [-0.25, -0.2) is 4.79 Å². The summed E-state index contributed by atoms with van der Waals surface area (Å²) in [6, 6.07) is 0.266. The summed E-state index contributed by atoms with van der Waals surface area (Å²) in [5.74, 6) is -0.454. The Hall–Kier alpha value is 1.02. The fraction of sp³-hybridized carbons (Fsp3) is 0.893. The first-order valence-electron chi connectivity index (χ1n) is 17.3. The van der Waals surface area contributed by atoms with E-state index in [0.29, 0.717) is 12.0 Å². The van der Waals surface area contributed by atoms with E-state index in [0.717, 1.165) is 0 Å². The van der Waals surface area contributed by atoms with Crippen LogP contribution in [-0.4, -0.2) is 97.7 Å². The highest BCUT2D eigenvalue weighted by atomic mass is 28.6. The lowest BCUT2D eigenvalue weighted by Gasteiger charge is -2.49. The first-order chi connectivity index (χ1) is 21.2. The van der Waals surface area contributed by atoms with Crippen LogP contribution in [0.2, 0.25) is 144 Å². The molecule has 0 radical (unpaired) electrons. The highest BCUT2D eigenvalue weighted by molar-refractivity contribution is 6.95. The SMILES string of the molecule is C=C(C)C(=O)OCCC[Si](O[Si](C)(O[Si](C)(C)C)O[Si](C)(C)C)(O[Si](C)(O[Si](C)(C)C)O[Si](C)(C)C)O[Si](C)(O[Si](C)(C)C)O[Si](C)(C)C. The molecule has 0 aromatic rings. The summed E-state index contributed by atoms with van der Waals surface area (Å²) in [7, 11) is -28.0. The molecule has 0 spiro atoms. The highest BCUT2D eigenvalue weighted by Crippen LogP contribution is 2.37. The second-order valence-corrected chi connectivity index (χ2v) is 58.6. The molecule has 0 heterocycles. The molecule has 0 N–H and O–H groups in total. The predicted octanol–water partition coefficient (Wildman–Crippen LogP) is 9.30. The van der Waals surface area contributed by atoms with E-state index in [4.69, 9.17) is 41.8 Å². The second-order valence-electron chi connectivity index (χ2n) is 18.9. The van der Waals surface area contributed by atoms with Crippen LogP contribution in [0.25, 0.3) is 0 Å². The number of hydrogen-bond donors (Lipinski definition) is 0. The Labute approximate surface area is 311 Å². The van der Waals surface area contributed by atoms with Gasteiger partial charge in [0.05, 0.1) is 6.61 Å². The van der Waals surface area contributed by atoms with E-state index in [9.17, 15) is 4.79 Å². The molecular formula is C28H74O11Si10. The van der Waals surface area contributed by atoms with E-state index in [2.05, 4.69) is 124 Å². The van der Waals surface area contributed by atoms with Crippen molar-refractivity contribution in [2.75, 3.05) is 6.61 Å². The largest absolute Gasteiger partial charge is 0.478 e. The topological polar surface area (TPSA) is 109 Å². The van der Waals surface area contributed by atoms with E-state index in [-0.39, 0.29) is 12.7 Å². The normalized spacial score (nSPS) is 15.1. The quantitative estimate of drug-likeness (QED) is 0.0425. The van der Waals surface area contributed by atoms with E-state index in [1.54, 1.807) is 6.92 Å². The van der Waals surface area contributed by atoms with Crippen molar-refractivity contribution in [3.63, 3.8) is 0 Å². The Balaban J connectivity index is 7.92. The average molecular weight is 868 g/mol. The number of esters is 1. The lowest BCUT2D eigenvalue weighted by Crippen LogP contribution is -2.71. The number of carbonyl (C=O) groups is 1.